The number of rotatable bonds is 4. The molecule has 0 aromatic heterocycles. The Morgan fingerprint density at radius 2 is 1.41 bits per heavy atom. The number of carboxylic acid groups (broad SMARTS) is 1. The maximum absolute atomic E-state index is 12.5. The van der Waals surface area contributed by atoms with E-state index in [2.05, 4.69) is 0 Å². The van der Waals surface area contributed by atoms with Crippen molar-refractivity contribution in [2.45, 2.75) is 12.5 Å². The Morgan fingerprint density at radius 3 is 1.91 bits per heavy atom. The third kappa shape index (κ3) is 2.26. The van der Waals surface area contributed by atoms with E-state index in [-0.39, 0.29) is 0 Å². The van der Waals surface area contributed by atoms with Gasteiger partial charge in [0.2, 0.25) is 0 Å². The van der Waals surface area contributed by atoms with Gasteiger partial charge in [-0.3, -0.25) is 14.5 Å². The molecule has 0 aliphatic carbocycles. The van der Waals surface area contributed by atoms with Crippen LogP contribution in [-0.4, -0.2) is 22.7 Å². The van der Waals surface area contributed by atoms with Gasteiger partial charge in [-0.25, -0.2) is 0 Å². The Balaban J connectivity index is 2.05. The first kappa shape index (κ1) is 14.0. The number of imide groups is 1. The van der Waals surface area contributed by atoms with E-state index in [1.54, 1.807) is 54.6 Å². The van der Waals surface area contributed by atoms with Gasteiger partial charge < -0.3 is 9.90 Å². The Kier molecular flexibility index (Phi) is 3.47. The van der Waals surface area contributed by atoms with Crippen molar-refractivity contribution in [2.24, 2.45) is 0 Å². The van der Waals surface area contributed by atoms with Gasteiger partial charge in [0.05, 0.1) is 17.2 Å². The number of carbonyl (C=O) groups excluding carboxylic acids is 3. The molecule has 0 unspecified atom stereocenters. The van der Waals surface area contributed by atoms with Crippen LogP contribution in [0.5, 0.6) is 0 Å². The largest absolute Gasteiger partial charge is 0.550 e. The average Bonchev–Trinajstić information content (AvgIpc) is 2.78. The minimum Gasteiger partial charge on any atom is -0.550 e. The summed E-state index contributed by atoms with van der Waals surface area (Å²) in [4.78, 5) is 37.1. The number of carbonyl (C=O) groups is 3. The van der Waals surface area contributed by atoms with Gasteiger partial charge in [-0.2, -0.15) is 0 Å². The fourth-order valence-corrected chi connectivity index (χ4v) is 2.68. The van der Waals surface area contributed by atoms with Crippen LogP contribution in [0, 0.1) is 0 Å². The highest BCUT2D eigenvalue weighted by molar-refractivity contribution is 6.21. The summed E-state index contributed by atoms with van der Waals surface area (Å²) in [6.07, 6.45) is -0.435. The molecule has 0 bridgehead atoms. The summed E-state index contributed by atoms with van der Waals surface area (Å²) in [6.45, 7) is 0. The van der Waals surface area contributed by atoms with Gasteiger partial charge in [-0.05, 0) is 17.7 Å². The standard InChI is InChI=1S/C17H13NO4/c19-15(20)10-14(11-6-2-1-3-7-11)18-16(21)12-8-4-5-9-13(12)17(18)22/h1-9,14H,10H2,(H,19,20)/p-1/t14-/m1/s1. The number of fused-ring (bicyclic) bond motifs is 1. The SMILES string of the molecule is O=C([O-])C[C@H](c1ccccc1)N1C(=O)c2ccccc2C1=O. The summed E-state index contributed by atoms with van der Waals surface area (Å²) in [5.41, 5.74) is 1.18. The smallest absolute Gasteiger partial charge is 0.262 e. The number of aliphatic carboxylic acids is 1. The first-order chi connectivity index (χ1) is 10.6. The van der Waals surface area contributed by atoms with Crippen molar-refractivity contribution in [3.63, 3.8) is 0 Å². The summed E-state index contributed by atoms with van der Waals surface area (Å²) in [6, 6.07) is 14.2. The van der Waals surface area contributed by atoms with E-state index in [4.69, 9.17) is 0 Å². The zero-order chi connectivity index (χ0) is 15.7. The molecule has 0 saturated heterocycles. The van der Waals surface area contributed by atoms with Gasteiger partial charge in [0.1, 0.15) is 0 Å². The van der Waals surface area contributed by atoms with Crippen LogP contribution in [-0.2, 0) is 4.79 Å². The molecule has 1 atom stereocenters. The van der Waals surface area contributed by atoms with Gasteiger partial charge in [0.25, 0.3) is 11.8 Å². The average molecular weight is 294 g/mol. The Labute approximate surface area is 126 Å². The van der Waals surface area contributed by atoms with E-state index < -0.39 is 30.2 Å². The number of carboxylic acids is 1. The molecule has 110 valence electrons. The molecule has 5 heteroatoms. The zero-order valence-electron chi connectivity index (χ0n) is 11.6. The lowest BCUT2D eigenvalue weighted by atomic mass is 10.0. The van der Waals surface area contributed by atoms with Crippen molar-refractivity contribution in [1.29, 1.82) is 0 Å². The predicted molar refractivity (Wildman–Crippen MR) is 75.7 cm³/mol. The molecule has 3 rings (SSSR count). The summed E-state index contributed by atoms with van der Waals surface area (Å²) in [5.74, 6) is -2.27. The zero-order valence-corrected chi connectivity index (χ0v) is 11.6. The summed E-state index contributed by atoms with van der Waals surface area (Å²) in [7, 11) is 0. The fourth-order valence-electron chi connectivity index (χ4n) is 2.68. The number of hydrogen-bond donors (Lipinski definition) is 0. The molecule has 0 saturated carbocycles. The van der Waals surface area contributed by atoms with Crippen LogP contribution in [0.25, 0.3) is 0 Å². The minimum atomic E-state index is -1.31. The summed E-state index contributed by atoms with van der Waals surface area (Å²) < 4.78 is 0. The van der Waals surface area contributed by atoms with Gasteiger partial charge in [0, 0.05) is 12.4 Å². The molecule has 1 aliphatic heterocycles. The van der Waals surface area contributed by atoms with Crippen molar-refractivity contribution in [1.82, 2.24) is 4.90 Å². The van der Waals surface area contributed by atoms with E-state index in [1.165, 1.54) is 0 Å². The third-order valence-corrected chi connectivity index (χ3v) is 3.68. The molecule has 2 aromatic rings. The van der Waals surface area contributed by atoms with Crippen molar-refractivity contribution in [3.05, 3.63) is 71.3 Å². The molecule has 1 heterocycles. The Bertz CT molecular complexity index is 719. The number of hydrogen-bond acceptors (Lipinski definition) is 4. The lowest BCUT2D eigenvalue weighted by Crippen LogP contribution is -2.38. The van der Waals surface area contributed by atoms with Crippen LogP contribution in [0.3, 0.4) is 0 Å². The monoisotopic (exact) mass is 294 g/mol. The highest BCUT2D eigenvalue weighted by Crippen LogP contribution is 2.33. The number of amides is 2. The minimum absolute atomic E-state index is 0.298. The van der Waals surface area contributed by atoms with Crippen molar-refractivity contribution in [2.75, 3.05) is 0 Å². The molecular formula is C17H12NO4-. The molecule has 2 aromatic carbocycles. The summed E-state index contributed by atoms with van der Waals surface area (Å²) >= 11 is 0. The first-order valence-electron chi connectivity index (χ1n) is 6.81. The normalized spacial score (nSPS) is 14.8. The number of nitrogens with zero attached hydrogens (tertiary/aromatic N) is 1. The second-order valence-electron chi connectivity index (χ2n) is 5.03. The Morgan fingerprint density at radius 1 is 0.909 bits per heavy atom. The van der Waals surface area contributed by atoms with Crippen LogP contribution in [0.2, 0.25) is 0 Å². The van der Waals surface area contributed by atoms with E-state index in [0.29, 0.717) is 16.7 Å². The third-order valence-electron chi connectivity index (χ3n) is 3.68. The predicted octanol–water partition coefficient (Wildman–Crippen LogP) is 1.16. The van der Waals surface area contributed by atoms with Crippen LogP contribution < -0.4 is 5.11 Å². The van der Waals surface area contributed by atoms with Gasteiger partial charge in [-0.1, -0.05) is 42.5 Å². The topological polar surface area (TPSA) is 77.5 Å². The maximum atomic E-state index is 12.5. The maximum Gasteiger partial charge on any atom is 0.262 e. The number of benzene rings is 2. The highest BCUT2D eigenvalue weighted by Gasteiger charge is 2.40. The molecule has 0 spiro atoms. The van der Waals surface area contributed by atoms with Crippen molar-refractivity contribution in [3.8, 4) is 0 Å². The molecule has 1 aliphatic rings. The second-order valence-corrected chi connectivity index (χ2v) is 5.03. The molecule has 5 nitrogen and oxygen atoms in total. The highest BCUT2D eigenvalue weighted by atomic mass is 16.4. The van der Waals surface area contributed by atoms with Crippen LogP contribution in [0.4, 0.5) is 0 Å². The van der Waals surface area contributed by atoms with Crippen LogP contribution in [0.15, 0.2) is 54.6 Å². The molecule has 0 fully saturated rings. The second kappa shape index (κ2) is 5.44. The van der Waals surface area contributed by atoms with Gasteiger partial charge in [0.15, 0.2) is 0 Å². The molecule has 0 N–H and O–H groups in total. The van der Waals surface area contributed by atoms with Gasteiger partial charge in [-0.15, -0.1) is 0 Å². The molecule has 22 heavy (non-hydrogen) atoms. The lowest BCUT2D eigenvalue weighted by molar-refractivity contribution is -0.306. The van der Waals surface area contributed by atoms with Crippen LogP contribution in [0.1, 0.15) is 38.7 Å². The molecular weight excluding hydrogens is 282 g/mol. The van der Waals surface area contributed by atoms with Crippen LogP contribution >= 0.6 is 0 Å². The van der Waals surface area contributed by atoms with Gasteiger partial charge >= 0.3 is 0 Å². The first-order valence-corrected chi connectivity index (χ1v) is 6.81. The van der Waals surface area contributed by atoms with E-state index in [0.717, 1.165) is 4.90 Å². The van der Waals surface area contributed by atoms with E-state index in [1.807, 2.05) is 0 Å². The summed E-state index contributed by atoms with van der Waals surface area (Å²) in [5, 5.41) is 11.1. The van der Waals surface area contributed by atoms with Crippen molar-refractivity contribution >= 4 is 17.8 Å². The molecule has 2 amide bonds. The fraction of sp³-hybridized carbons (Fsp3) is 0.118. The van der Waals surface area contributed by atoms with E-state index in [9.17, 15) is 19.5 Å². The molecule has 0 radical (unpaired) electrons. The van der Waals surface area contributed by atoms with E-state index >= 15 is 0 Å². The lowest BCUT2D eigenvalue weighted by Gasteiger charge is -2.27. The Hall–Kier alpha value is -2.95. The quantitative estimate of drug-likeness (QED) is 0.793. The van der Waals surface area contributed by atoms with Crippen molar-refractivity contribution < 1.29 is 19.5 Å².